The molecule has 16 heavy (non-hydrogen) atoms. The van der Waals surface area contributed by atoms with Crippen molar-refractivity contribution in [2.45, 2.75) is 13.8 Å². The molecule has 0 saturated heterocycles. The van der Waals surface area contributed by atoms with Gasteiger partial charge in [0.05, 0.1) is 11.9 Å². The predicted octanol–water partition coefficient (Wildman–Crippen LogP) is 0.936. The fourth-order valence-electron chi connectivity index (χ4n) is 1.20. The molecule has 1 rings (SSSR count). The average molecular weight is 264 g/mol. The van der Waals surface area contributed by atoms with Gasteiger partial charge in [-0.15, -0.1) is 0 Å². The SMILES string of the molecule is CCN(c1nc(C)c(C(=O)O)s1)S(C)(=O)=O. The number of hydrogen-bond acceptors (Lipinski definition) is 5. The van der Waals surface area contributed by atoms with E-state index >= 15 is 0 Å². The Morgan fingerprint density at radius 2 is 2.12 bits per heavy atom. The first-order chi connectivity index (χ1) is 7.27. The van der Waals surface area contributed by atoms with Crippen LogP contribution in [0, 0.1) is 6.92 Å². The van der Waals surface area contributed by atoms with Crippen LogP contribution >= 0.6 is 11.3 Å². The summed E-state index contributed by atoms with van der Waals surface area (Å²) in [7, 11) is -3.41. The van der Waals surface area contributed by atoms with Crippen molar-refractivity contribution >= 4 is 32.5 Å². The van der Waals surface area contributed by atoms with Crippen LogP contribution in [0.1, 0.15) is 22.3 Å². The van der Waals surface area contributed by atoms with E-state index in [9.17, 15) is 13.2 Å². The molecule has 0 amide bonds. The van der Waals surface area contributed by atoms with Crippen LogP contribution in [0.15, 0.2) is 0 Å². The van der Waals surface area contributed by atoms with Crippen LogP contribution in [0.5, 0.6) is 0 Å². The highest BCUT2D eigenvalue weighted by Crippen LogP contribution is 2.27. The predicted molar refractivity (Wildman–Crippen MR) is 61.7 cm³/mol. The molecule has 0 unspecified atom stereocenters. The minimum atomic E-state index is -3.41. The van der Waals surface area contributed by atoms with Gasteiger partial charge in [0.15, 0.2) is 5.13 Å². The maximum Gasteiger partial charge on any atom is 0.347 e. The van der Waals surface area contributed by atoms with Gasteiger partial charge in [0.2, 0.25) is 10.0 Å². The fourth-order valence-corrected chi connectivity index (χ4v) is 3.39. The third-order valence-corrected chi connectivity index (χ3v) is 4.40. The molecule has 1 N–H and O–H groups in total. The number of aryl methyl sites for hydroxylation is 1. The van der Waals surface area contributed by atoms with Gasteiger partial charge in [-0.3, -0.25) is 0 Å². The zero-order valence-corrected chi connectivity index (χ0v) is 10.7. The van der Waals surface area contributed by atoms with Gasteiger partial charge in [-0.2, -0.15) is 0 Å². The molecule has 0 saturated carbocycles. The van der Waals surface area contributed by atoms with E-state index in [-0.39, 0.29) is 16.6 Å². The van der Waals surface area contributed by atoms with Crippen LogP contribution in [0.25, 0.3) is 0 Å². The Morgan fingerprint density at radius 1 is 1.56 bits per heavy atom. The topological polar surface area (TPSA) is 87.6 Å². The summed E-state index contributed by atoms with van der Waals surface area (Å²) in [5.74, 6) is -1.09. The third kappa shape index (κ3) is 2.50. The van der Waals surface area contributed by atoms with Crippen molar-refractivity contribution < 1.29 is 18.3 Å². The molecule has 8 heteroatoms. The van der Waals surface area contributed by atoms with Crippen molar-refractivity contribution in [3.05, 3.63) is 10.6 Å². The van der Waals surface area contributed by atoms with Crippen LogP contribution in [0.4, 0.5) is 5.13 Å². The average Bonchev–Trinajstić information content (AvgIpc) is 2.45. The molecule has 0 bridgehead atoms. The molecule has 90 valence electrons. The van der Waals surface area contributed by atoms with E-state index < -0.39 is 16.0 Å². The van der Waals surface area contributed by atoms with Gasteiger partial charge in [-0.05, 0) is 13.8 Å². The van der Waals surface area contributed by atoms with E-state index in [4.69, 9.17) is 5.11 Å². The first-order valence-electron chi connectivity index (χ1n) is 4.45. The van der Waals surface area contributed by atoms with Gasteiger partial charge in [-0.25, -0.2) is 22.5 Å². The summed E-state index contributed by atoms with van der Waals surface area (Å²) >= 11 is 0.863. The van der Waals surface area contributed by atoms with E-state index in [1.54, 1.807) is 13.8 Å². The summed E-state index contributed by atoms with van der Waals surface area (Å²) in [6, 6.07) is 0. The second-order valence-corrected chi connectivity index (χ2v) is 6.03. The number of thiazole rings is 1. The first-order valence-corrected chi connectivity index (χ1v) is 7.12. The highest BCUT2D eigenvalue weighted by molar-refractivity contribution is 7.92. The third-order valence-electron chi connectivity index (χ3n) is 1.88. The summed E-state index contributed by atoms with van der Waals surface area (Å²) in [5.41, 5.74) is 0.328. The molecule has 0 spiro atoms. The van der Waals surface area contributed by atoms with Crippen molar-refractivity contribution in [3.8, 4) is 0 Å². The van der Waals surface area contributed by atoms with E-state index in [0.29, 0.717) is 5.69 Å². The Hall–Kier alpha value is -1.15. The number of carboxylic acids is 1. The summed E-state index contributed by atoms with van der Waals surface area (Å²) in [4.78, 5) is 14.8. The van der Waals surface area contributed by atoms with Crippen LogP contribution in [0.3, 0.4) is 0 Å². The normalized spacial score (nSPS) is 11.4. The van der Waals surface area contributed by atoms with E-state index in [1.807, 2.05) is 0 Å². The fraction of sp³-hybridized carbons (Fsp3) is 0.500. The van der Waals surface area contributed by atoms with Crippen LogP contribution in [-0.4, -0.2) is 37.3 Å². The molecule has 0 aliphatic carbocycles. The summed E-state index contributed by atoms with van der Waals surface area (Å²) in [5, 5.41) is 9.03. The van der Waals surface area contributed by atoms with Crippen molar-refractivity contribution in [2.75, 3.05) is 17.1 Å². The molecule has 1 heterocycles. The van der Waals surface area contributed by atoms with E-state index in [1.165, 1.54) is 0 Å². The molecule has 6 nitrogen and oxygen atoms in total. The maximum atomic E-state index is 11.4. The number of hydrogen-bond donors (Lipinski definition) is 1. The molecule has 0 aliphatic rings. The monoisotopic (exact) mass is 264 g/mol. The number of sulfonamides is 1. The number of anilines is 1. The zero-order valence-electron chi connectivity index (χ0n) is 9.09. The number of carbonyl (C=O) groups is 1. The standard InChI is InChI=1S/C8H12N2O4S2/c1-4-10(16(3,13)14)8-9-5(2)6(15-8)7(11)12/h4H2,1-3H3,(H,11,12). The van der Waals surface area contributed by atoms with E-state index in [0.717, 1.165) is 21.9 Å². The zero-order chi connectivity index (χ0) is 12.5. The van der Waals surface area contributed by atoms with Crippen molar-refractivity contribution in [3.63, 3.8) is 0 Å². The lowest BCUT2D eigenvalue weighted by molar-refractivity contribution is 0.0701. The molecule has 0 radical (unpaired) electrons. The summed E-state index contributed by atoms with van der Waals surface area (Å²) in [6.07, 6.45) is 1.06. The van der Waals surface area contributed by atoms with Gasteiger partial charge in [0.1, 0.15) is 4.88 Å². The number of aromatic nitrogens is 1. The molecule has 1 aromatic heterocycles. The molecular formula is C8H12N2O4S2. The number of carboxylic acid groups (broad SMARTS) is 1. The maximum absolute atomic E-state index is 11.4. The Labute approximate surface area is 97.6 Å². The number of nitrogens with zero attached hydrogens (tertiary/aromatic N) is 2. The molecule has 0 atom stereocenters. The molecule has 0 aromatic carbocycles. The lowest BCUT2D eigenvalue weighted by Crippen LogP contribution is -2.29. The van der Waals surface area contributed by atoms with Crippen LogP contribution in [-0.2, 0) is 10.0 Å². The first kappa shape index (κ1) is 12.9. The highest BCUT2D eigenvalue weighted by atomic mass is 32.2. The number of rotatable bonds is 4. The smallest absolute Gasteiger partial charge is 0.347 e. The highest BCUT2D eigenvalue weighted by Gasteiger charge is 2.22. The minimum Gasteiger partial charge on any atom is -0.477 e. The molecular weight excluding hydrogens is 252 g/mol. The van der Waals surface area contributed by atoms with Crippen molar-refractivity contribution in [2.24, 2.45) is 0 Å². The van der Waals surface area contributed by atoms with Gasteiger partial charge in [-0.1, -0.05) is 11.3 Å². The van der Waals surface area contributed by atoms with Gasteiger partial charge >= 0.3 is 5.97 Å². The van der Waals surface area contributed by atoms with Gasteiger partial charge in [0.25, 0.3) is 0 Å². The summed E-state index contributed by atoms with van der Waals surface area (Å²) in [6.45, 7) is 3.43. The summed E-state index contributed by atoms with van der Waals surface area (Å²) < 4.78 is 23.9. The Bertz CT molecular complexity index is 506. The van der Waals surface area contributed by atoms with Crippen molar-refractivity contribution in [1.29, 1.82) is 0 Å². The molecule has 0 fully saturated rings. The van der Waals surface area contributed by atoms with Gasteiger partial charge < -0.3 is 5.11 Å². The van der Waals surface area contributed by atoms with Crippen molar-refractivity contribution in [1.82, 2.24) is 4.98 Å². The second kappa shape index (κ2) is 4.38. The molecule has 0 aliphatic heterocycles. The minimum absolute atomic E-state index is 0.0668. The van der Waals surface area contributed by atoms with Gasteiger partial charge in [0, 0.05) is 6.54 Å². The van der Waals surface area contributed by atoms with Crippen LogP contribution in [0.2, 0.25) is 0 Å². The number of aromatic carboxylic acids is 1. The second-order valence-electron chi connectivity index (χ2n) is 3.14. The molecule has 1 aromatic rings. The Balaban J connectivity index is 3.24. The Morgan fingerprint density at radius 3 is 2.44 bits per heavy atom. The van der Waals surface area contributed by atoms with E-state index in [2.05, 4.69) is 4.98 Å². The quantitative estimate of drug-likeness (QED) is 0.874. The lowest BCUT2D eigenvalue weighted by atomic mass is 10.4. The largest absolute Gasteiger partial charge is 0.477 e. The Kier molecular flexibility index (Phi) is 3.54. The lowest BCUT2D eigenvalue weighted by Gasteiger charge is -2.16. The van der Waals surface area contributed by atoms with Crippen LogP contribution < -0.4 is 4.31 Å².